The van der Waals surface area contributed by atoms with E-state index in [0.717, 1.165) is 57.8 Å². The Hall–Kier alpha value is -1.14. The molecule has 6 nitrogen and oxygen atoms in total. The molecule has 0 bridgehead atoms. The van der Waals surface area contributed by atoms with Crippen LogP contribution < -0.4 is 5.32 Å². The lowest BCUT2D eigenvalue weighted by Gasteiger charge is -2.22. The highest BCUT2D eigenvalue weighted by molar-refractivity contribution is 5.76. The zero-order chi connectivity index (χ0) is 45.1. The van der Waals surface area contributed by atoms with Gasteiger partial charge in [0.1, 0.15) is 0 Å². The molecular formula is C56H111NO5. The maximum atomic E-state index is 12.5. The SMILES string of the molecule is CCCCCCCCCCCCCCCCCCCCCCC(O)C(CO)NC(=O)CCCCCCCCCCCOC(=O)CCCCCCCCCCCCCCCCCC. The third kappa shape index (κ3) is 48.3. The Morgan fingerprint density at radius 3 is 0.984 bits per heavy atom. The highest BCUT2D eigenvalue weighted by Crippen LogP contribution is 2.18. The third-order valence-electron chi connectivity index (χ3n) is 13.4. The molecule has 0 spiro atoms. The topological polar surface area (TPSA) is 95.9 Å². The van der Waals surface area contributed by atoms with Gasteiger partial charge in [-0.15, -0.1) is 0 Å². The Bertz CT molecular complexity index is 882. The normalized spacial score (nSPS) is 12.5. The second-order valence-electron chi connectivity index (χ2n) is 19.6. The van der Waals surface area contributed by atoms with Crippen molar-refractivity contribution in [3.05, 3.63) is 0 Å². The molecule has 0 saturated carbocycles. The van der Waals surface area contributed by atoms with Gasteiger partial charge in [0.25, 0.3) is 0 Å². The fraction of sp³-hybridized carbons (Fsp3) is 0.964. The average molecular weight is 879 g/mol. The molecule has 0 aliphatic rings. The molecule has 2 unspecified atom stereocenters. The van der Waals surface area contributed by atoms with Crippen LogP contribution in [0, 0.1) is 0 Å². The molecule has 1 amide bonds. The predicted octanol–water partition coefficient (Wildman–Crippen LogP) is 17.1. The van der Waals surface area contributed by atoms with Crippen LogP contribution in [0.2, 0.25) is 0 Å². The summed E-state index contributed by atoms with van der Waals surface area (Å²) in [7, 11) is 0. The number of hydrogen-bond acceptors (Lipinski definition) is 5. The molecule has 0 aromatic heterocycles. The van der Waals surface area contributed by atoms with Crippen molar-refractivity contribution >= 4 is 11.9 Å². The number of aliphatic hydroxyl groups is 2. The Morgan fingerprint density at radius 2 is 0.661 bits per heavy atom. The smallest absolute Gasteiger partial charge is 0.305 e. The number of aliphatic hydroxyl groups excluding tert-OH is 2. The summed E-state index contributed by atoms with van der Waals surface area (Å²) in [6, 6.07) is -0.560. The largest absolute Gasteiger partial charge is 0.466 e. The predicted molar refractivity (Wildman–Crippen MR) is 269 cm³/mol. The van der Waals surface area contributed by atoms with Gasteiger partial charge in [0.2, 0.25) is 5.91 Å². The van der Waals surface area contributed by atoms with Crippen molar-refractivity contribution < 1.29 is 24.5 Å². The number of esters is 1. The van der Waals surface area contributed by atoms with E-state index in [1.54, 1.807) is 0 Å². The van der Waals surface area contributed by atoms with Crippen LogP contribution in [0.5, 0.6) is 0 Å². The highest BCUT2D eigenvalue weighted by Gasteiger charge is 2.20. The number of nitrogens with one attached hydrogen (secondary N) is 1. The van der Waals surface area contributed by atoms with Crippen molar-refractivity contribution in [2.24, 2.45) is 0 Å². The number of hydrogen-bond donors (Lipinski definition) is 3. The maximum absolute atomic E-state index is 12.5. The molecule has 0 saturated heterocycles. The van der Waals surface area contributed by atoms with Gasteiger partial charge < -0.3 is 20.3 Å². The summed E-state index contributed by atoms with van der Waals surface area (Å²) in [5.41, 5.74) is 0. The van der Waals surface area contributed by atoms with Crippen molar-refractivity contribution in [3.63, 3.8) is 0 Å². The monoisotopic (exact) mass is 878 g/mol. The number of rotatable bonds is 53. The van der Waals surface area contributed by atoms with Crippen molar-refractivity contribution in [2.45, 2.75) is 334 Å². The molecule has 2 atom stereocenters. The van der Waals surface area contributed by atoms with Gasteiger partial charge in [-0.1, -0.05) is 284 Å². The van der Waals surface area contributed by atoms with Crippen LogP contribution in [0.4, 0.5) is 0 Å². The van der Waals surface area contributed by atoms with Crippen molar-refractivity contribution in [3.8, 4) is 0 Å². The average Bonchev–Trinajstić information content (AvgIpc) is 3.27. The lowest BCUT2D eigenvalue weighted by atomic mass is 10.0. The summed E-state index contributed by atoms with van der Waals surface area (Å²) in [6.45, 7) is 4.92. The van der Waals surface area contributed by atoms with Gasteiger partial charge in [-0.3, -0.25) is 9.59 Å². The molecule has 0 radical (unpaired) electrons. The molecule has 370 valence electrons. The fourth-order valence-corrected chi connectivity index (χ4v) is 9.05. The van der Waals surface area contributed by atoms with Crippen LogP contribution in [0.3, 0.4) is 0 Å². The van der Waals surface area contributed by atoms with E-state index in [1.165, 1.54) is 231 Å². The quantitative estimate of drug-likeness (QED) is 0.0418. The molecule has 6 heteroatoms. The van der Waals surface area contributed by atoms with E-state index in [0.29, 0.717) is 25.9 Å². The van der Waals surface area contributed by atoms with Crippen LogP contribution in [0.1, 0.15) is 322 Å². The molecule has 0 aromatic rings. The standard InChI is InChI=1S/C56H111NO5/c1-3-5-7-9-11-13-15-17-19-21-22-23-24-25-27-29-32-36-40-44-48-54(59)53(52-58)57-55(60)49-45-41-37-33-31-35-39-43-47-51-62-56(61)50-46-42-38-34-30-28-26-20-18-16-14-12-10-8-6-4-2/h53-54,58-59H,3-52H2,1-2H3,(H,57,60). The number of carbonyl (C=O) groups excluding carboxylic acids is 2. The second-order valence-corrected chi connectivity index (χ2v) is 19.6. The van der Waals surface area contributed by atoms with E-state index in [4.69, 9.17) is 4.74 Å². The van der Waals surface area contributed by atoms with E-state index in [2.05, 4.69) is 19.2 Å². The van der Waals surface area contributed by atoms with Crippen molar-refractivity contribution in [1.29, 1.82) is 0 Å². The number of ether oxygens (including phenoxy) is 1. The molecule has 3 N–H and O–H groups in total. The summed E-state index contributed by atoms with van der Waals surface area (Å²) in [4.78, 5) is 24.6. The molecule has 0 aliphatic heterocycles. The Kier molecular flexibility index (Phi) is 51.5. The lowest BCUT2D eigenvalue weighted by molar-refractivity contribution is -0.143. The first-order chi connectivity index (χ1) is 30.5. The first-order valence-corrected chi connectivity index (χ1v) is 28.3. The minimum Gasteiger partial charge on any atom is -0.466 e. The van der Waals surface area contributed by atoms with Gasteiger partial charge in [-0.25, -0.2) is 0 Å². The fourth-order valence-electron chi connectivity index (χ4n) is 9.05. The van der Waals surface area contributed by atoms with Gasteiger partial charge in [-0.05, 0) is 25.7 Å². The zero-order valence-corrected chi connectivity index (χ0v) is 42.1. The first kappa shape index (κ1) is 60.9. The molecular weight excluding hydrogens is 767 g/mol. The van der Waals surface area contributed by atoms with Gasteiger partial charge in [-0.2, -0.15) is 0 Å². The summed E-state index contributed by atoms with van der Waals surface area (Å²) < 4.78 is 5.47. The number of carbonyl (C=O) groups is 2. The molecule has 0 rings (SSSR count). The molecule has 0 heterocycles. The second kappa shape index (κ2) is 52.5. The van der Waals surface area contributed by atoms with E-state index < -0.39 is 12.1 Å². The summed E-state index contributed by atoms with van der Waals surface area (Å²) in [6.07, 6.45) is 59.4. The van der Waals surface area contributed by atoms with Gasteiger partial charge >= 0.3 is 5.97 Å². The van der Waals surface area contributed by atoms with E-state index in [1.807, 2.05) is 0 Å². The minimum absolute atomic E-state index is 0.0201. The minimum atomic E-state index is -0.680. The van der Waals surface area contributed by atoms with Gasteiger partial charge in [0.15, 0.2) is 0 Å². The summed E-state index contributed by atoms with van der Waals surface area (Å²) in [5, 5.41) is 23.3. The van der Waals surface area contributed by atoms with Gasteiger partial charge in [0.05, 0.1) is 25.4 Å². The van der Waals surface area contributed by atoms with Crippen molar-refractivity contribution in [2.75, 3.05) is 13.2 Å². The molecule has 62 heavy (non-hydrogen) atoms. The number of unbranched alkanes of at least 4 members (excludes halogenated alkanes) is 42. The highest BCUT2D eigenvalue weighted by atomic mass is 16.5. The van der Waals surface area contributed by atoms with Crippen LogP contribution in [-0.2, 0) is 14.3 Å². The van der Waals surface area contributed by atoms with E-state index in [-0.39, 0.29) is 18.5 Å². The molecule has 0 fully saturated rings. The Morgan fingerprint density at radius 1 is 0.387 bits per heavy atom. The maximum Gasteiger partial charge on any atom is 0.305 e. The van der Waals surface area contributed by atoms with E-state index >= 15 is 0 Å². The first-order valence-electron chi connectivity index (χ1n) is 28.3. The van der Waals surface area contributed by atoms with Gasteiger partial charge in [0, 0.05) is 12.8 Å². The van der Waals surface area contributed by atoms with Crippen molar-refractivity contribution in [1.82, 2.24) is 5.32 Å². The van der Waals surface area contributed by atoms with Crippen LogP contribution in [0.15, 0.2) is 0 Å². The molecule has 0 aliphatic carbocycles. The Labute approximate surface area is 387 Å². The lowest BCUT2D eigenvalue weighted by Crippen LogP contribution is -2.45. The van der Waals surface area contributed by atoms with E-state index in [9.17, 15) is 19.8 Å². The molecule has 0 aromatic carbocycles. The van der Waals surface area contributed by atoms with Crippen LogP contribution in [0.25, 0.3) is 0 Å². The summed E-state index contributed by atoms with van der Waals surface area (Å²) >= 11 is 0. The van der Waals surface area contributed by atoms with Crippen LogP contribution in [-0.4, -0.2) is 47.4 Å². The third-order valence-corrected chi connectivity index (χ3v) is 13.4. The van der Waals surface area contributed by atoms with Crippen LogP contribution >= 0.6 is 0 Å². The Balaban J connectivity index is 3.45. The summed E-state index contributed by atoms with van der Waals surface area (Å²) in [5.74, 6) is -0.0781. The number of amides is 1. The zero-order valence-electron chi connectivity index (χ0n) is 42.1.